The quantitative estimate of drug-likeness (QED) is 0.342. The molecule has 1 atom stereocenters. The molecule has 1 unspecified atom stereocenters. The van der Waals surface area contributed by atoms with Gasteiger partial charge in [0.25, 0.3) is 0 Å². The van der Waals surface area contributed by atoms with Gasteiger partial charge in [-0.2, -0.15) is 0 Å². The summed E-state index contributed by atoms with van der Waals surface area (Å²) >= 11 is 0. The van der Waals surface area contributed by atoms with Crippen LogP contribution < -0.4 is 15.4 Å². The third-order valence-electron chi connectivity index (χ3n) is 4.52. The molecule has 0 spiro atoms. The zero-order chi connectivity index (χ0) is 20.0. The van der Waals surface area contributed by atoms with Crippen molar-refractivity contribution in [2.24, 2.45) is 4.99 Å². The Balaban J connectivity index is 1.72. The molecule has 1 heterocycles. The van der Waals surface area contributed by atoms with Crippen LogP contribution in [0.4, 0.5) is 4.39 Å². The van der Waals surface area contributed by atoms with E-state index in [1.54, 1.807) is 18.2 Å². The number of hydrogen-bond donors (Lipinski definition) is 2. The van der Waals surface area contributed by atoms with Gasteiger partial charge >= 0.3 is 0 Å². The largest absolute Gasteiger partial charge is 0.485 e. The molecule has 158 valence electrons. The molecule has 1 saturated heterocycles. The number of rotatable bonds is 11. The van der Waals surface area contributed by atoms with Gasteiger partial charge < -0.3 is 24.8 Å². The maximum atomic E-state index is 13.8. The van der Waals surface area contributed by atoms with Crippen molar-refractivity contribution in [1.29, 1.82) is 0 Å². The van der Waals surface area contributed by atoms with E-state index in [-0.39, 0.29) is 17.7 Å². The first-order valence-corrected chi connectivity index (χ1v) is 10.4. The van der Waals surface area contributed by atoms with Gasteiger partial charge in [0.15, 0.2) is 17.5 Å². The highest BCUT2D eigenvalue weighted by Gasteiger charge is 2.14. The number of nitrogens with zero attached hydrogens (tertiary/aromatic N) is 1. The fourth-order valence-corrected chi connectivity index (χ4v) is 2.88. The van der Waals surface area contributed by atoms with Gasteiger partial charge in [0.2, 0.25) is 0 Å². The Morgan fingerprint density at radius 1 is 1.25 bits per heavy atom. The van der Waals surface area contributed by atoms with E-state index >= 15 is 0 Å². The van der Waals surface area contributed by atoms with E-state index in [4.69, 9.17) is 14.2 Å². The van der Waals surface area contributed by atoms with Crippen LogP contribution in [0.5, 0.6) is 5.75 Å². The summed E-state index contributed by atoms with van der Waals surface area (Å²) in [4.78, 5) is 4.59. The van der Waals surface area contributed by atoms with Crippen LogP contribution in [0.1, 0.15) is 39.5 Å². The third-order valence-corrected chi connectivity index (χ3v) is 4.52. The molecule has 0 aromatic heterocycles. The van der Waals surface area contributed by atoms with E-state index in [1.165, 1.54) is 6.07 Å². The van der Waals surface area contributed by atoms with Crippen LogP contribution in [-0.4, -0.2) is 57.6 Å². The lowest BCUT2D eigenvalue weighted by molar-refractivity contribution is -0.0320. The van der Waals surface area contributed by atoms with Crippen LogP contribution in [0.3, 0.4) is 0 Å². The number of hydrogen-bond acceptors (Lipinski definition) is 4. The maximum Gasteiger partial charge on any atom is 0.191 e. The van der Waals surface area contributed by atoms with Crippen molar-refractivity contribution in [2.45, 2.75) is 51.7 Å². The number of nitrogens with one attached hydrogen (secondary N) is 2. The fourth-order valence-electron chi connectivity index (χ4n) is 2.88. The second kappa shape index (κ2) is 13.3. The minimum absolute atomic E-state index is 0.177. The van der Waals surface area contributed by atoms with Crippen molar-refractivity contribution in [1.82, 2.24) is 10.6 Å². The molecule has 1 aliphatic rings. The predicted octanol–water partition coefficient (Wildman–Crippen LogP) is 3.12. The molecular formula is C21H34FN3O3. The van der Waals surface area contributed by atoms with E-state index in [2.05, 4.69) is 15.6 Å². The summed E-state index contributed by atoms with van der Waals surface area (Å²) in [5, 5.41) is 6.55. The van der Waals surface area contributed by atoms with Crippen LogP contribution in [0.2, 0.25) is 0 Å². The minimum Gasteiger partial charge on any atom is -0.485 e. The monoisotopic (exact) mass is 395 g/mol. The van der Waals surface area contributed by atoms with Gasteiger partial charge in [-0.15, -0.1) is 0 Å². The molecule has 1 aliphatic heterocycles. The summed E-state index contributed by atoms with van der Waals surface area (Å²) in [5.74, 6) is 0.663. The number of ether oxygens (including phenoxy) is 3. The molecule has 7 heteroatoms. The topological polar surface area (TPSA) is 64.1 Å². The highest BCUT2D eigenvalue weighted by Crippen LogP contribution is 2.18. The van der Waals surface area contributed by atoms with Crippen molar-refractivity contribution in [3.63, 3.8) is 0 Å². The van der Waals surface area contributed by atoms with E-state index in [9.17, 15) is 4.39 Å². The highest BCUT2D eigenvalue weighted by atomic mass is 19.1. The van der Waals surface area contributed by atoms with Crippen LogP contribution in [0.15, 0.2) is 29.3 Å². The Morgan fingerprint density at radius 2 is 2.04 bits per heavy atom. The first-order valence-electron chi connectivity index (χ1n) is 10.4. The second-order valence-corrected chi connectivity index (χ2v) is 6.76. The lowest BCUT2D eigenvalue weighted by Gasteiger charge is -2.22. The van der Waals surface area contributed by atoms with Crippen LogP contribution in [0.25, 0.3) is 0 Å². The van der Waals surface area contributed by atoms with E-state index in [0.29, 0.717) is 12.6 Å². The Kier molecular flexibility index (Phi) is 10.7. The Morgan fingerprint density at radius 3 is 2.75 bits per heavy atom. The summed E-state index contributed by atoms with van der Waals surface area (Å²) < 4.78 is 30.8. The lowest BCUT2D eigenvalue weighted by atomic mass is 10.1. The predicted molar refractivity (Wildman–Crippen MR) is 109 cm³/mol. The molecular weight excluding hydrogens is 361 g/mol. The van der Waals surface area contributed by atoms with Gasteiger partial charge in [0.05, 0.1) is 12.6 Å². The number of para-hydroxylation sites is 1. The first kappa shape index (κ1) is 22.4. The average Bonchev–Trinajstić information content (AvgIpc) is 2.72. The zero-order valence-corrected chi connectivity index (χ0v) is 17.1. The van der Waals surface area contributed by atoms with Gasteiger partial charge in [0, 0.05) is 32.9 Å². The van der Waals surface area contributed by atoms with Gasteiger partial charge in [0.1, 0.15) is 6.10 Å². The SMILES string of the molecule is CCNC(=NCC(CC)Oc1ccccc1F)NCCCOC1CCOCC1. The fraction of sp³-hybridized carbons (Fsp3) is 0.667. The van der Waals surface area contributed by atoms with Crippen molar-refractivity contribution in [3.8, 4) is 5.75 Å². The second-order valence-electron chi connectivity index (χ2n) is 6.76. The third kappa shape index (κ3) is 8.44. The number of aliphatic imine (C=N–C) groups is 1. The maximum absolute atomic E-state index is 13.8. The molecule has 6 nitrogen and oxygen atoms in total. The van der Waals surface area contributed by atoms with Crippen LogP contribution in [0, 0.1) is 5.82 Å². The summed E-state index contributed by atoms with van der Waals surface area (Å²) in [6, 6.07) is 6.46. The smallest absolute Gasteiger partial charge is 0.191 e. The standard InChI is InChI=1S/C21H34FN3O3/c1-3-17(28-20-9-6-5-8-19(20)22)16-25-21(23-4-2)24-12-7-13-27-18-10-14-26-15-11-18/h5-6,8-9,17-18H,3-4,7,10-16H2,1-2H3,(H2,23,24,25). The molecule has 28 heavy (non-hydrogen) atoms. The number of benzene rings is 1. The molecule has 2 N–H and O–H groups in total. The van der Waals surface area contributed by atoms with Crippen LogP contribution >= 0.6 is 0 Å². The van der Waals surface area contributed by atoms with Crippen molar-refractivity contribution >= 4 is 5.96 Å². The Labute approximate surface area is 167 Å². The summed E-state index contributed by atoms with van der Waals surface area (Å²) in [6.45, 7) is 8.37. The first-order chi connectivity index (χ1) is 13.7. The Hall–Kier alpha value is -1.86. The Bertz CT molecular complexity index is 580. The summed E-state index contributed by atoms with van der Waals surface area (Å²) in [5.41, 5.74) is 0. The molecule has 0 bridgehead atoms. The van der Waals surface area contributed by atoms with Gasteiger partial charge in [-0.3, -0.25) is 0 Å². The number of guanidine groups is 1. The van der Waals surface area contributed by atoms with Crippen molar-refractivity contribution < 1.29 is 18.6 Å². The van der Waals surface area contributed by atoms with Crippen molar-refractivity contribution in [2.75, 3.05) is 39.5 Å². The molecule has 0 amide bonds. The molecule has 1 aromatic rings. The van der Waals surface area contributed by atoms with Gasteiger partial charge in [-0.1, -0.05) is 19.1 Å². The van der Waals surface area contributed by atoms with Gasteiger partial charge in [-0.05, 0) is 44.7 Å². The van der Waals surface area contributed by atoms with Gasteiger partial charge in [-0.25, -0.2) is 9.38 Å². The lowest BCUT2D eigenvalue weighted by Crippen LogP contribution is -2.39. The van der Waals surface area contributed by atoms with E-state index in [1.807, 2.05) is 13.8 Å². The molecule has 1 fully saturated rings. The average molecular weight is 396 g/mol. The molecule has 0 aliphatic carbocycles. The molecule has 2 rings (SSSR count). The van der Waals surface area contributed by atoms with E-state index in [0.717, 1.165) is 64.6 Å². The summed E-state index contributed by atoms with van der Waals surface area (Å²) in [6.07, 6.45) is 3.78. The zero-order valence-electron chi connectivity index (χ0n) is 17.1. The summed E-state index contributed by atoms with van der Waals surface area (Å²) in [7, 11) is 0. The minimum atomic E-state index is -0.348. The normalized spacial score (nSPS) is 16.6. The molecule has 1 aromatic carbocycles. The molecule has 0 radical (unpaired) electrons. The van der Waals surface area contributed by atoms with Crippen molar-refractivity contribution in [3.05, 3.63) is 30.1 Å². The van der Waals surface area contributed by atoms with Crippen LogP contribution in [-0.2, 0) is 9.47 Å². The van der Waals surface area contributed by atoms with E-state index < -0.39 is 0 Å². The highest BCUT2D eigenvalue weighted by molar-refractivity contribution is 5.79. The molecule has 0 saturated carbocycles. The number of halogens is 1.